The minimum absolute atomic E-state index is 0.0398. The highest BCUT2D eigenvalue weighted by molar-refractivity contribution is 5.79. The number of H-pyrrole nitrogens is 1. The molecule has 1 atom stereocenters. The lowest BCUT2D eigenvalue weighted by molar-refractivity contribution is -0.121. The average molecular weight is 421 g/mol. The third-order valence-electron chi connectivity index (χ3n) is 5.60. The minimum atomic E-state index is 0.0398. The van der Waals surface area contributed by atoms with Crippen molar-refractivity contribution >= 4 is 11.7 Å². The first-order valence-corrected chi connectivity index (χ1v) is 10.5. The van der Waals surface area contributed by atoms with Gasteiger partial charge in [-0.1, -0.05) is 12.1 Å². The van der Waals surface area contributed by atoms with Crippen molar-refractivity contribution in [3.8, 4) is 22.8 Å². The van der Waals surface area contributed by atoms with Crippen LogP contribution in [0.25, 0.3) is 11.3 Å². The quantitative estimate of drug-likeness (QED) is 0.612. The third-order valence-corrected chi connectivity index (χ3v) is 5.60. The number of carbonyl (C=O) groups excluding carboxylic acids is 1. The van der Waals surface area contributed by atoms with Gasteiger partial charge in [-0.25, -0.2) is 0 Å². The molecule has 0 unspecified atom stereocenters. The van der Waals surface area contributed by atoms with Gasteiger partial charge < -0.3 is 19.7 Å². The molecule has 0 aliphatic carbocycles. The molecule has 0 saturated carbocycles. The standard InChI is InChI=1S/C24H28N4O3/c1-30-20-9-5-17(6-10-20)14-24(29)25-19-4-3-13-28(16-19)23-15-22(26-27-23)18-7-11-21(31-2)12-8-18/h5-12,15,19H,3-4,13-14,16H2,1-2H3,(H,25,29)(H,26,27)/t19-/m0/s1. The fourth-order valence-electron chi connectivity index (χ4n) is 3.90. The van der Waals surface area contributed by atoms with Crippen molar-refractivity contribution in [2.75, 3.05) is 32.2 Å². The van der Waals surface area contributed by atoms with E-state index in [-0.39, 0.29) is 11.9 Å². The molecule has 2 heterocycles. The Hall–Kier alpha value is -3.48. The number of carbonyl (C=O) groups is 1. The molecule has 1 fully saturated rings. The lowest BCUT2D eigenvalue weighted by Gasteiger charge is -2.33. The summed E-state index contributed by atoms with van der Waals surface area (Å²) in [6.45, 7) is 1.68. The van der Waals surface area contributed by atoms with E-state index in [2.05, 4.69) is 26.5 Å². The van der Waals surface area contributed by atoms with Crippen LogP contribution in [0.4, 0.5) is 5.82 Å². The van der Waals surface area contributed by atoms with E-state index in [1.807, 2.05) is 48.5 Å². The van der Waals surface area contributed by atoms with Crippen molar-refractivity contribution in [1.29, 1.82) is 0 Å². The van der Waals surface area contributed by atoms with Gasteiger partial charge in [0.25, 0.3) is 0 Å². The Bertz CT molecular complexity index is 998. The number of nitrogens with zero attached hydrogens (tertiary/aromatic N) is 2. The lowest BCUT2D eigenvalue weighted by atomic mass is 10.0. The van der Waals surface area contributed by atoms with Crippen LogP contribution in [0.5, 0.6) is 11.5 Å². The highest BCUT2D eigenvalue weighted by Gasteiger charge is 2.23. The minimum Gasteiger partial charge on any atom is -0.497 e. The van der Waals surface area contributed by atoms with Gasteiger partial charge in [0.05, 0.1) is 26.3 Å². The first kappa shape index (κ1) is 20.8. The van der Waals surface area contributed by atoms with Gasteiger partial charge in [0.2, 0.25) is 5.91 Å². The maximum Gasteiger partial charge on any atom is 0.224 e. The number of hydrogen-bond acceptors (Lipinski definition) is 5. The molecule has 162 valence electrons. The average Bonchev–Trinajstić information content (AvgIpc) is 3.30. The zero-order valence-electron chi connectivity index (χ0n) is 17.9. The van der Waals surface area contributed by atoms with Crippen molar-refractivity contribution < 1.29 is 14.3 Å². The molecule has 3 aromatic rings. The van der Waals surface area contributed by atoms with Crippen LogP contribution < -0.4 is 19.7 Å². The molecule has 0 radical (unpaired) electrons. The van der Waals surface area contributed by atoms with E-state index in [4.69, 9.17) is 9.47 Å². The summed E-state index contributed by atoms with van der Waals surface area (Å²) >= 11 is 0. The van der Waals surface area contributed by atoms with Gasteiger partial charge in [0, 0.05) is 25.2 Å². The zero-order valence-corrected chi connectivity index (χ0v) is 17.9. The van der Waals surface area contributed by atoms with Gasteiger partial charge >= 0.3 is 0 Å². The SMILES string of the molecule is COc1ccc(CC(=O)N[C@H]2CCCN(c3cc(-c4ccc(OC)cc4)[nH]n3)C2)cc1. The molecule has 7 nitrogen and oxygen atoms in total. The van der Waals surface area contributed by atoms with E-state index in [0.29, 0.717) is 6.42 Å². The molecule has 1 aliphatic rings. The molecule has 1 aliphatic heterocycles. The van der Waals surface area contributed by atoms with Gasteiger partial charge in [-0.05, 0) is 60.4 Å². The van der Waals surface area contributed by atoms with Gasteiger partial charge in [0.15, 0.2) is 5.82 Å². The first-order chi connectivity index (χ1) is 15.1. The lowest BCUT2D eigenvalue weighted by Crippen LogP contribution is -2.48. The second-order valence-corrected chi connectivity index (χ2v) is 7.75. The predicted molar refractivity (Wildman–Crippen MR) is 121 cm³/mol. The molecule has 2 N–H and O–H groups in total. The number of anilines is 1. The van der Waals surface area contributed by atoms with Crippen molar-refractivity contribution in [1.82, 2.24) is 15.5 Å². The van der Waals surface area contributed by atoms with Gasteiger partial charge in [-0.2, -0.15) is 5.10 Å². The summed E-state index contributed by atoms with van der Waals surface area (Å²) in [7, 11) is 3.29. The van der Waals surface area contributed by atoms with Gasteiger partial charge in [-0.15, -0.1) is 0 Å². The van der Waals surface area contributed by atoms with E-state index >= 15 is 0 Å². The normalized spacial score (nSPS) is 16.1. The summed E-state index contributed by atoms with van der Waals surface area (Å²) < 4.78 is 10.4. The fraction of sp³-hybridized carbons (Fsp3) is 0.333. The Morgan fingerprint density at radius 2 is 1.77 bits per heavy atom. The second kappa shape index (κ2) is 9.55. The maximum absolute atomic E-state index is 12.5. The number of ether oxygens (including phenoxy) is 2. The monoisotopic (exact) mass is 420 g/mol. The van der Waals surface area contributed by atoms with Crippen molar-refractivity contribution in [3.63, 3.8) is 0 Å². The number of hydrogen-bond donors (Lipinski definition) is 2. The Labute approximate surface area is 182 Å². The molecule has 1 saturated heterocycles. The topological polar surface area (TPSA) is 79.5 Å². The summed E-state index contributed by atoms with van der Waals surface area (Å²) in [5.41, 5.74) is 2.99. The molecule has 4 rings (SSSR count). The number of piperidine rings is 1. The molecule has 31 heavy (non-hydrogen) atoms. The van der Waals surface area contributed by atoms with Crippen LogP contribution in [-0.2, 0) is 11.2 Å². The van der Waals surface area contributed by atoms with Crippen LogP contribution in [0.15, 0.2) is 54.6 Å². The van der Waals surface area contributed by atoms with Crippen LogP contribution >= 0.6 is 0 Å². The number of benzene rings is 2. The zero-order chi connectivity index (χ0) is 21.6. The molecule has 1 amide bonds. The largest absolute Gasteiger partial charge is 0.497 e. The highest BCUT2D eigenvalue weighted by Crippen LogP contribution is 2.25. The Morgan fingerprint density at radius 1 is 1.10 bits per heavy atom. The molecule has 7 heteroatoms. The summed E-state index contributed by atoms with van der Waals surface area (Å²) in [6, 6.07) is 17.7. The van der Waals surface area contributed by atoms with E-state index in [9.17, 15) is 4.79 Å². The Kier molecular flexibility index (Phi) is 6.40. The number of methoxy groups -OCH3 is 2. The van der Waals surface area contributed by atoms with Crippen LogP contribution in [0, 0.1) is 0 Å². The first-order valence-electron chi connectivity index (χ1n) is 10.5. The van der Waals surface area contributed by atoms with E-state index in [1.165, 1.54) is 0 Å². The number of nitrogens with one attached hydrogen (secondary N) is 2. The van der Waals surface area contributed by atoms with E-state index < -0.39 is 0 Å². The Balaban J connectivity index is 1.34. The number of rotatable bonds is 7. The molecule has 0 spiro atoms. The second-order valence-electron chi connectivity index (χ2n) is 7.75. The van der Waals surface area contributed by atoms with Crippen LogP contribution in [-0.4, -0.2) is 49.5 Å². The maximum atomic E-state index is 12.5. The van der Waals surface area contributed by atoms with Crippen LogP contribution in [0.2, 0.25) is 0 Å². The molecule has 1 aromatic heterocycles. The summed E-state index contributed by atoms with van der Waals surface area (Å²) in [5, 5.41) is 10.8. The summed E-state index contributed by atoms with van der Waals surface area (Å²) in [6.07, 6.45) is 2.35. The number of aromatic nitrogens is 2. The van der Waals surface area contributed by atoms with Crippen molar-refractivity contribution in [3.05, 3.63) is 60.2 Å². The molecular formula is C24H28N4O3. The van der Waals surface area contributed by atoms with Crippen molar-refractivity contribution in [2.24, 2.45) is 0 Å². The molecular weight excluding hydrogens is 392 g/mol. The molecule has 0 bridgehead atoms. The summed E-state index contributed by atoms with van der Waals surface area (Å²) in [5.74, 6) is 2.56. The summed E-state index contributed by atoms with van der Waals surface area (Å²) in [4.78, 5) is 14.8. The number of amides is 1. The number of aromatic amines is 1. The molecule has 2 aromatic carbocycles. The highest BCUT2D eigenvalue weighted by atomic mass is 16.5. The van der Waals surface area contributed by atoms with Gasteiger partial charge in [0.1, 0.15) is 11.5 Å². The predicted octanol–water partition coefficient (Wildman–Crippen LogP) is 3.42. The van der Waals surface area contributed by atoms with E-state index in [0.717, 1.165) is 60.1 Å². The van der Waals surface area contributed by atoms with Crippen LogP contribution in [0.1, 0.15) is 18.4 Å². The Morgan fingerprint density at radius 3 is 2.45 bits per heavy atom. The van der Waals surface area contributed by atoms with E-state index in [1.54, 1.807) is 14.2 Å². The van der Waals surface area contributed by atoms with Crippen molar-refractivity contribution in [2.45, 2.75) is 25.3 Å². The van der Waals surface area contributed by atoms with Gasteiger partial charge in [-0.3, -0.25) is 9.89 Å². The fourth-order valence-corrected chi connectivity index (χ4v) is 3.90. The van der Waals surface area contributed by atoms with Crippen LogP contribution in [0.3, 0.4) is 0 Å². The smallest absolute Gasteiger partial charge is 0.224 e. The third kappa shape index (κ3) is 5.17.